The van der Waals surface area contributed by atoms with E-state index in [2.05, 4.69) is 0 Å². The highest BCUT2D eigenvalue weighted by Crippen LogP contribution is 2.31. The minimum Gasteiger partial charge on any atom is -0.384 e. The number of hydrogen-bond acceptors (Lipinski definition) is 4. The Morgan fingerprint density at radius 1 is 1.47 bits per heavy atom. The van der Waals surface area contributed by atoms with Crippen molar-refractivity contribution in [2.24, 2.45) is 5.92 Å². The first kappa shape index (κ1) is 12.4. The second-order valence-corrected chi connectivity index (χ2v) is 5.41. The third-order valence-electron chi connectivity index (χ3n) is 2.41. The number of hydrogen-bond donors (Lipinski definition) is 3. The highest BCUT2D eigenvalue weighted by molar-refractivity contribution is 7.87. The van der Waals surface area contributed by atoms with Gasteiger partial charge in [-0.15, -0.1) is 0 Å². The second-order valence-electron chi connectivity index (χ2n) is 3.81. The van der Waals surface area contributed by atoms with Crippen LogP contribution in [0.1, 0.15) is 13.8 Å². The molecule has 86 valence electrons. The van der Waals surface area contributed by atoms with Gasteiger partial charge in [-0.2, -0.15) is 8.42 Å². The molecule has 0 aromatic heterocycles. The van der Waals surface area contributed by atoms with E-state index < -0.39 is 21.2 Å². The van der Waals surface area contributed by atoms with Crippen LogP contribution in [0.25, 0.3) is 0 Å². The predicted molar refractivity (Wildman–Crippen MR) is 54.6 cm³/mol. The molecular weight excluding hydrogens is 220 g/mol. The molecule has 0 aliphatic heterocycles. The van der Waals surface area contributed by atoms with Crippen molar-refractivity contribution >= 4 is 10.1 Å². The standard InChI is InChI=1S/C9H14O5S/c1-6(2)7-4-3-5-9(11,8(7)10)15(12,13)14/h3-6,8,10-11H,1-2H3,(H,12,13,14). The van der Waals surface area contributed by atoms with Gasteiger partial charge in [0.2, 0.25) is 4.93 Å². The van der Waals surface area contributed by atoms with Gasteiger partial charge in [-0.3, -0.25) is 4.55 Å². The van der Waals surface area contributed by atoms with Gasteiger partial charge in [0.05, 0.1) is 0 Å². The maximum Gasteiger partial charge on any atom is 0.301 e. The molecule has 0 saturated heterocycles. The van der Waals surface area contributed by atoms with E-state index in [1.807, 2.05) is 0 Å². The van der Waals surface area contributed by atoms with E-state index in [4.69, 9.17) is 4.55 Å². The average molecular weight is 234 g/mol. The highest BCUT2D eigenvalue weighted by atomic mass is 32.2. The van der Waals surface area contributed by atoms with Crippen LogP contribution in [0.3, 0.4) is 0 Å². The summed E-state index contributed by atoms with van der Waals surface area (Å²) >= 11 is 0. The minimum absolute atomic E-state index is 0.127. The fraction of sp³-hybridized carbons (Fsp3) is 0.556. The lowest BCUT2D eigenvalue weighted by molar-refractivity contribution is 0.0281. The van der Waals surface area contributed by atoms with E-state index in [-0.39, 0.29) is 5.92 Å². The molecule has 2 atom stereocenters. The molecular formula is C9H14O5S. The largest absolute Gasteiger partial charge is 0.384 e. The average Bonchev–Trinajstić information content (AvgIpc) is 2.07. The lowest BCUT2D eigenvalue weighted by Crippen LogP contribution is -2.50. The Morgan fingerprint density at radius 2 is 2.00 bits per heavy atom. The Morgan fingerprint density at radius 3 is 2.40 bits per heavy atom. The molecule has 0 aromatic rings. The number of aliphatic hydroxyl groups excluding tert-OH is 1. The van der Waals surface area contributed by atoms with Gasteiger partial charge in [0, 0.05) is 0 Å². The van der Waals surface area contributed by atoms with Crippen LogP contribution in [0, 0.1) is 5.92 Å². The Kier molecular flexibility index (Phi) is 3.06. The summed E-state index contributed by atoms with van der Waals surface area (Å²) in [4.78, 5) is -2.64. The molecule has 3 N–H and O–H groups in total. The molecule has 1 rings (SSSR count). The van der Waals surface area contributed by atoms with E-state index in [1.165, 1.54) is 12.2 Å². The van der Waals surface area contributed by atoms with Crippen LogP contribution in [0.15, 0.2) is 23.8 Å². The number of allylic oxidation sites excluding steroid dienone is 2. The lowest BCUT2D eigenvalue weighted by Gasteiger charge is -2.32. The first-order valence-corrected chi connectivity index (χ1v) is 5.91. The van der Waals surface area contributed by atoms with Crippen molar-refractivity contribution in [3.05, 3.63) is 23.8 Å². The third-order valence-corrected chi connectivity index (χ3v) is 3.60. The van der Waals surface area contributed by atoms with Gasteiger partial charge in [0.1, 0.15) is 6.10 Å². The van der Waals surface area contributed by atoms with Crippen LogP contribution < -0.4 is 0 Å². The molecule has 1 aliphatic rings. The van der Waals surface area contributed by atoms with Crippen LogP contribution in [-0.4, -0.2) is 34.2 Å². The van der Waals surface area contributed by atoms with Crippen molar-refractivity contribution in [2.75, 3.05) is 0 Å². The van der Waals surface area contributed by atoms with Gasteiger partial charge in [0.25, 0.3) is 0 Å². The third kappa shape index (κ3) is 1.98. The molecule has 0 spiro atoms. The van der Waals surface area contributed by atoms with Crippen LogP contribution >= 0.6 is 0 Å². The van der Waals surface area contributed by atoms with E-state index in [0.29, 0.717) is 5.57 Å². The van der Waals surface area contributed by atoms with Crippen molar-refractivity contribution in [1.82, 2.24) is 0 Å². The molecule has 0 bridgehead atoms. The summed E-state index contributed by atoms with van der Waals surface area (Å²) in [7, 11) is -4.76. The quantitative estimate of drug-likeness (QED) is 0.588. The topological polar surface area (TPSA) is 94.8 Å². The zero-order valence-electron chi connectivity index (χ0n) is 8.45. The molecule has 0 aromatic carbocycles. The van der Waals surface area contributed by atoms with Crippen molar-refractivity contribution in [2.45, 2.75) is 24.9 Å². The molecule has 15 heavy (non-hydrogen) atoms. The zero-order chi connectivity index (χ0) is 11.9. The normalized spacial score (nSPS) is 31.9. The lowest BCUT2D eigenvalue weighted by atomic mass is 9.90. The first-order valence-electron chi connectivity index (χ1n) is 4.47. The fourth-order valence-corrected chi connectivity index (χ4v) is 2.12. The van der Waals surface area contributed by atoms with Crippen LogP contribution in [0.4, 0.5) is 0 Å². The van der Waals surface area contributed by atoms with Gasteiger partial charge in [0.15, 0.2) is 0 Å². The van der Waals surface area contributed by atoms with E-state index in [9.17, 15) is 18.6 Å². The van der Waals surface area contributed by atoms with Gasteiger partial charge in [-0.1, -0.05) is 26.0 Å². The maximum absolute atomic E-state index is 11.0. The maximum atomic E-state index is 11.0. The molecule has 2 unspecified atom stereocenters. The minimum atomic E-state index is -4.76. The Balaban J connectivity index is 3.21. The Hall–Kier alpha value is -0.690. The first-order chi connectivity index (χ1) is 6.70. The molecule has 6 heteroatoms. The number of rotatable bonds is 2. The van der Waals surface area contributed by atoms with Crippen LogP contribution in [-0.2, 0) is 10.1 Å². The monoisotopic (exact) mass is 234 g/mol. The second kappa shape index (κ2) is 3.71. The Bertz CT molecular complexity index is 406. The smallest absolute Gasteiger partial charge is 0.301 e. The summed E-state index contributed by atoms with van der Waals surface area (Å²) in [6.07, 6.45) is 2.04. The summed E-state index contributed by atoms with van der Waals surface area (Å²) in [5.74, 6) is -0.127. The summed E-state index contributed by atoms with van der Waals surface area (Å²) in [6.45, 7) is 3.50. The van der Waals surface area contributed by atoms with Gasteiger partial charge >= 0.3 is 10.1 Å². The number of aliphatic hydroxyl groups is 2. The fourth-order valence-electron chi connectivity index (χ4n) is 1.45. The zero-order valence-corrected chi connectivity index (χ0v) is 9.27. The van der Waals surface area contributed by atoms with Crippen LogP contribution in [0.5, 0.6) is 0 Å². The van der Waals surface area contributed by atoms with E-state index >= 15 is 0 Å². The molecule has 0 radical (unpaired) electrons. The summed E-state index contributed by atoms with van der Waals surface area (Å²) in [5.41, 5.74) is 0.359. The SMILES string of the molecule is CC(C)C1=CC=CC(O)(S(=O)(=O)O)C1O. The highest BCUT2D eigenvalue weighted by Gasteiger charge is 2.48. The van der Waals surface area contributed by atoms with Crippen LogP contribution in [0.2, 0.25) is 0 Å². The summed E-state index contributed by atoms with van der Waals surface area (Å²) in [6, 6.07) is 0. The Labute approximate surface area is 88.5 Å². The molecule has 5 nitrogen and oxygen atoms in total. The molecule has 0 fully saturated rings. The van der Waals surface area contributed by atoms with Gasteiger partial charge in [-0.05, 0) is 17.6 Å². The van der Waals surface area contributed by atoms with E-state index in [1.54, 1.807) is 13.8 Å². The van der Waals surface area contributed by atoms with Gasteiger partial charge in [-0.25, -0.2) is 0 Å². The van der Waals surface area contributed by atoms with Gasteiger partial charge < -0.3 is 10.2 Å². The molecule has 0 heterocycles. The van der Waals surface area contributed by atoms with Crippen molar-refractivity contribution in [3.8, 4) is 0 Å². The van der Waals surface area contributed by atoms with E-state index in [0.717, 1.165) is 6.08 Å². The summed E-state index contributed by atoms with van der Waals surface area (Å²) in [5, 5.41) is 19.4. The predicted octanol–water partition coefficient (Wildman–Crippen LogP) is 0.0759. The van der Waals surface area contributed by atoms with Crippen molar-refractivity contribution in [1.29, 1.82) is 0 Å². The van der Waals surface area contributed by atoms with Crippen molar-refractivity contribution in [3.63, 3.8) is 0 Å². The molecule has 0 saturated carbocycles. The van der Waals surface area contributed by atoms with Crippen molar-refractivity contribution < 1.29 is 23.2 Å². The molecule has 0 amide bonds. The summed E-state index contributed by atoms with van der Waals surface area (Å²) < 4.78 is 30.8. The molecule has 1 aliphatic carbocycles.